The molecule has 0 unspecified atom stereocenters. The maximum absolute atomic E-state index is 11.6. The van der Waals surface area contributed by atoms with Crippen LogP contribution in [0.3, 0.4) is 0 Å². The van der Waals surface area contributed by atoms with E-state index in [1.165, 1.54) is 6.26 Å². The molecule has 0 radical (unpaired) electrons. The number of hydrogen-bond donors (Lipinski definition) is 0. The fourth-order valence-corrected chi connectivity index (χ4v) is 4.58. The predicted octanol–water partition coefficient (Wildman–Crippen LogP) is 4.01. The molecule has 0 spiro atoms. The number of sulfone groups is 1. The summed E-state index contributed by atoms with van der Waals surface area (Å²) < 4.78 is 35.9. The van der Waals surface area contributed by atoms with Gasteiger partial charge in [0.05, 0.1) is 43.3 Å². The van der Waals surface area contributed by atoms with Gasteiger partial charge in [0.15, 0.2) is 0 Å². The van der Waals surface area contributed by atoms with Crippen LogP contribution in [0.15, 0.2) is 55.0 Å². The standard InChI is InChI=1S/C25H29N5O4S/c1-29-17-18(15-27-29)25-16-26-23-8-7-19(13-24(23)28-25)30(9-5-6-10-35(4,31)32)20-11-21(33-2)14-22(12-20)34-3/h7-8,11-17H,5-6,9-10H2,1-4H3. The molecular weight excluding hydrogens is 466 g/mol. The SMILES string of the molecule is COc1cc(OC)cc(N(CCCCS(C)(=O)=O)c2ccc3ncc(-c4cnn(C)c4)nc3c2)c1. The van der Waals surface area contributed by atoms with E-state index in [0.717, 1.165) is 33.7 Å². The zero-order chi connectivity index (χ0) is 25.0. The molecule has 4 rings (SSSR count). The second-order valence-electron chi connectivity index (χ2n) is 8.39. The van der Waals surface area contributed by atoms with Crippen LogP contribution in [-0.4, -0.2) is 60.9 Å². The number of benzene rings is 2. The number of anilines is 2. The van der Waals surface area contributed by atoms with Crippen LogP contribution in [0.1, 0.15) is 12.8 Å². The van der Waals surface area contributed by atoms with E-state index in [4.69, 9.17) is 14.5 Å². The molecule has 184 valence electrons. The minimum atomic E-state index is -3.01. The average Bonchev–Trinajstić information content (AvgIpc) is 3.28. The fraction of sp³-hybridized carbons (Fsp3) is 0.320. The zero-order valence-corrected chi connectivity index (χ0v) is 21.1. The maximum Gasteiger partial charge on any atom is 0.147 e. The van der Waals surface area contributed by atoms with Crippen molar-refractivity contribution < 1.29 is 17.9 Å². The third-order valence-electron chi connectivity index (χ3n) is 5.63. The van der Waals surface area contributed by atoms with Crippen molar-refractivity contribution >= 4 is 32.2 Å². The smallest absolute Gasteiger partial charge is 0.147 e. The molecule has 0 atom stereocenters. The molecule has 0 fully saturated rings. The van der Waals surface area contributed by atoms with Gasteiger partial charge in [-0.05, 0) is 31.0 Å². The first kappa shape index (κ1) is 24.5. The molecule has 2 aromatic heterocycles. The maximum atomic E-state index is 11.6. The monoisotopic (exact) mass is 495 g/mol. The summed E-state index contributed by atoms with van der Waals surface area (Å²) in [5.74, 6) is 1.49. The molecule has 0 aliphatic carbocycles. The third-order valence-corrected chi connectivity index (χ3v) is 6.66. The van der Waals surface area contributed by atoms with Crippen LogP contribution in [-0.2, 0) is 16.9 Å². The van der Waals surface area contributed by atoms with Gasteiger partial charge >= 0.3 is 0 Å². The molecule has 0 amide bonds. The Balaban J connectivity index is 1.73. The van der Waals surface area contributed by atoms with Crippen LogP contribution in [0.5, 0.6) is 11.5 Å². The van der Waals surface area contributed by atoms with Gasteiger partial charge in [-0.1, -0.05) is 0 Å². The van der Waals surface area contributed by atoms with E-state index in [2.05, 4.69) is 15.0 Å². The Morgan fingerprint density at radius 3 is 2.31 bits per heavy atom. The van der Waals surface area contributed by atoms with E-state index in [1.807, 2.05) is 49.6 Å². The zero-order valence-electron chi connectivity index (χ0n) is 20.3. The number of rotatable bonds is 10. The molecular formula is C25H29N5O4S. The van der Waals surface area contributed by atoms with Crippen molar-refractivity contribution in [3.8, 4) is 22.8 Å². The van der Waals surface area contributed by atoms with Crippen molar-refractivity contribution in [1.82, 2.24) is 19.7 Å². The van der Waals surface area contributed by atoms with Crippen molar-refractivity contribution in [1.29, 1.82) is 0 Å². The van der Waals surface area contributed by atoms with E-state index in [1.54, 1.807) is 31.3 Å². The first-order valence-electron chi connectivity index (χ1n) is 11.2. The summed E-state index contributed by atoms with van der Waals surface area (Å²) in [7, 11) is 2.07. The number of ether oxygens (including phenoxy) is 2. The Labute approximate surface area is 205 Å². The molecule has 9 nitrogen and oxygen atoms in total. The first-order chi connectivity index (χ1) is 16.8. The van der Waals surface area contributed by atoms with Gasteiger partial charge in [-0.2, -0.15) is 5.10 Å². The van der Waals surface area contributed by atoms with Crippen LogP contribution in [0.4, 0.5) is 11.4 Å². The van der Waals surface area contributed by atoms with Gasteiger partial charge < -0.3 is 14.4 Å². The van der Waals surface area contributed by atoms with E-state index in [0.29, 0.717) is 30.9 Å². The lowest BCUT2D eigenvalue weighted by Crippen LogP contribution is -2.19. The quantitative estimate of drug-likeness (QED) is 0.304. The molecule has 35 heavy (non-hydrogen) atoms. The molecule has 0 saturated heterocycles. The van der Waals surface area contributed by atoms with Crippen LogP contribution in [0.2, 0.25) is 0 Å². The number of methoxy groups -OCH3 is 2. The van der Waals surface area contributed by atoms with E-state index < -0.39 is 9.84 Å². The van der Waals surface area contributed by atoms with Crippen molar-refractivity contribution in [2.75, 3.05) is 37.7 Å². The van der Waals surface area contributed by atoms with Gasteiger partial charge in [0.2, 0.25) is 0 Å². The van der Waals surface area contributed by atoms with E-state index >= 15 is 0 Å². The molecule has 10 heteroatoms. The van der Waals surface area contributed by atoms with E-state index in [-0.39, 0.29) is 5.75 Å². The fourth-order valence-electron chi connectivity index (χ4n) is 3.85. The lowest BCUT2D eigenvalue weighted by Gasteiger charge is -2.26. The van der Waals surface area contributed by atoms with Gasteiger partial charge in [-0.3, -0.25) is 9.67 Å². The number of aromatic nitrogens is 4. The second kappa shape index (κ2) is 10.3. The van der Waals surface area contributed by atoms with Crippen molar-refractivity contribution in [2.45, 2.75) is 12.8 Å². The Bertz CT molecular complexity index is 1410. The summed E-state index contributed by atoms with van der Waals surface area (Å²) in [5, 5.41) is 4.22. The summed E-state index contributed by atoms with van der Waals surface area (Å²) in [6.45, 7) is 0.604. The van der Waals surface area contributed by atoms with Gasteiger partial charge in [0, 0.05) is 66.9 Å². The van der Waals surface area contributed by atoms with Gasteiger partial charge in [-0.25, -0.2) is 13.4 Å². The highest BCUT2D eigenvalue weighted by molar-refractivity contribution is 7.90. The summed E-state index contributed by atoms with van der Waals surface area (Å²) >= 11 is 0. The van der Waals surface area contributed by atoms with Crippen LogP contribution in [0.25, 0.3) is 22.3 Å². The van der Waals surface area contributed by atoms with Crippen LogP contribution in [0, 0.1) is 0 Å². The van der Waals surface area contributed by atoms with Gasteiger partial charge in [0.25, 0.3) is 0 Å². The van der Waals surface area contributed by atoms with Crippen molar-refractivity contribution in [3.63, 3.8) is 0 Å². The predicted molar refractivity (Wildman–Crippen MR) is 137 cm³/mol. The van der Waals surface area contributed by atoms with Gasteiger partial charge in [0.1, 0.15) is 21.3 Å². The average molecular weight is 496 g/mol. The molecule has 0 bridgehead atoms. The topological polar surface area (TPSA) is 99.4 Å². The largest absolute Gasteiger partial charge is 0.497 e. The lowest BCUT2D eigenvalue weighted by molar-refractivity contribution is 0.394. The van der Waals surface area contributed by atoms with Crippen molar-refractivity contribution in [3.05, 3.63) is 55.0 Å². The molecule has 0 aliphatic rings. The van der Waals surface area contributed by atoms with Crippen LogP contribution >= 0.6 is 0 Å². The first-order valence-corrected chi connectivity index (χ1v) is 13.3. The Morgan fingerprint density at radius 1 is 0.943 bits per heavy atom. The molecule has 2 aromatic carbocycles. The minimum absolute atomic E-state index is 0.153. The van der Waals surface area contributed by atoms with Crippen molar-refractivity contribution in [2.24, 2.45) is 7.05 Å². The van der Waals surface area contributed by atoms with E-state index in [9.17, 15) is 8.42 Å². The highest BCUT2D eigenvalue weighted by Gasteiger charge is 2.15. The summed E-state index contributed by atoms with van der Waals surface area (Å²) in [5.41, 5.74) is 4.94. The summed E-state index contributed by atoms with van der Waals surface area (Å²) in [6.07, 6.45) is 7.92. The summed E-state index contributed by atoms with van der Waals surface area (Å²) in [6, 6.07) is 11.6. The van der Waals surface area contributed by atoms with Gasteiger partial charge in [-0.15, -0.1) is 0 Å². The molecule has 0 saturated carbocycles. The summed E-state index contributed by atoms with van der Waals surface area (Å²) in [4.78, 5) is 11.5. The number of aryl methyl sites for hydroxylation is 1. The second-order valence-corrected chi connectivity index (χ2v) is 10.7. The number of fused-ring (bicyclic) bond motifs is 1. The minimum Gasteiger partial charge on any atom is -0.497 e. The Hall–Kier alpha value is -3.66. The Kier molecular flexibility index (Phi) is 7.20. The highest BCUT2D eigenvalue weighted by Crippen LogP contribution is 2.34. The third kappa shape index (κ3) is 6.07. The normalized spacial score (nSPS) is 11.5. The molecule has 4 aromatic rings. The number of nitrogens with zero attached hydrogens (tertiary/aromatic N) is 5. The lowest BCUT2D eigenvalue weighted by atomic mass is 10.1. The van der Waals surface area contributed by atoms with Crippen LogP contribution < -0.4 is 14.4 Å². The number of hydrogen-bond acceptors (Lipinski definition) is 8. The Morgan fingerprint density at radius 2 is 1.69 bits per heavy atom. The number of unbranched alkanes of at least 4 members (excludes halogenated alkanes) is 1. The molecule has 0 N–H and O–H groups in total. The molecule has 2 heterocycles. The highest BCUT2D eigenvalue weighted by atomic mass is 32.2. The molecule has 0 aliphatic heterocycles.